The van der Waals surface area contributed by atoms with Crippen LogP contribution in [0.15, 0.2) is 53.7 Å². The van der Waals surface area contributed by atoms with E-state index in [9.17, 15) is 8.78 Å². The first-order valence-electron chi connectivity index (χ1n) is 5.86. The van der Waals surface area contributed by atoms with Crippen LogP contribution in [0.4, 0.5) is 8.78 Å². The van der Waals surface area contributed by atoms with Gasteiger partial charge in [-0.1, -0.05) is 53.2 Å². The van der Waals surface area contributed by atoms with Gasteiger partial charge in [0, 0.05) is 16.1 Å². The molecule has 2 rings (SSSR count). The second kappa shape index (κ2) is 7.01. The second-order valence-electron chi connectivity index (χ2n) is 3.99. The largest absolute Gasteiger partial charge is 0.390 e. The maximum Gasteiger partial charge on any atom is 0.264 e. The van der Waals surface area contributed by atoms with Crippen LogP contribution in [0.5, 0.6) is 0 Å². The van der Waals surface area contributed by atoms with E-state index in [1.165, 1.54) is 12.1 Å². The highest BCUT2D eigenvalue weighted by Gasteiger charge is 2.10. The number of halogens is 3. The molecule has 0 bridgehead atoms. The first kappa shape index (κ1) is 14.5. The normalized spacial score (nSPS) is 11.2. The monoisotopic (exact) mass is 294 g/mol. The molecule has 0 N–H and O–H groups in total. The number of nitrogens with zero attached hydrogens (tertiary/aromatic N) is 1. The zero-order valence-electron chi connectivity index (χ0n) is 10.4. The van der Waals surface area contributed by atoms with Crippen LogP contribution in [0.3, 0.4) is 0 Å². The molecule has 0 aliphatic rings. The van der Waals surface area contributed by atoms with Gasteiger partial charge in [-0.15, -0.1) is 0 Å². The fraction of sp³-hybridized carbons (Fsp3) is 0.133. The van der Waals surface area contributed by atoms with E-state index in [0.29, 0.717) is 5.02 Å². The van der Waals surface area contributed by atoms with E-state index in [-0.39, 0.29) is 17.7 Å². The number of benzene rings is 2. The summed E-state index contributed by atoms with van der Waals surface area (Å²) >= 11 is 5.82. The third kappa shape index (κ3) is 4.03. The maximum absolute atomic E-state index is 12.7. The lowest BCUT2D eigenvalue weighted by Gasteiger charge is -2.03. The van der Waals surface area contributed by atoms with Crippen molar-refractivity contribution in [2.24, 2.45) is 5.16 Å². The van der Waals surface area contributed by atoms with Gasteiger partial charge in [-0.05, 0) is 17.7 Å². The number of hydrogen-bond donors (Lipinski definition) is 0. The molecule has 103 valence electrons. The van der Waals surface area contributed by atoms with Crippen molar-refractivity contribution in [3.63, 3.8) is 0 Å². The zero-order valence-corrected chi connectivity index (χ0v) is 11.1. The van der Waals surface area contributed by atoms with Crippen LogP contribution in [-0.4, -0.2) is 6.21 Å². The van der Waals surface area contributed by atoms with E-state index in [1.807, 2.05) is 6.07 Å². The molecule has 0 fully saturated rings. The third-order valence-corrected chi connectivity index (χ3v) is 2.78. The fourth-order valence-corrected chi connectivity index (χ4v) is 1.82. The summed E-state index contributed by atoms with van der Waals surface area (Å²) in [6.07, 6.45) is -0.0985. The minimum atomic E-state index is -2.57. The molecule has 0 saturated carbocycles. The summed E-state index contributed by atoms with van der Waals surface area (Å²) in [6, 6.07) is 13.1. The molecule has 2 nitrogen and oxygen atoms in total. The van der Waals surface area contributed by atoms with E-state index in [4.69, 9.17) is 16.4 Å². The summed E-state index contributed by atoms with van der Waals surface area (Å²) in [4.78, 5) is 5.02. The Balaban J connectivity index is 1.97. The highest BCUT2D eigenvalue weighted by molar-refractivity contribution is 6.30. The predicted octanol–water partition coefficient (Wildman–Crippen LogP) is 4.71. The van der Waals surface area contributed by atoms with Crippen LogP contribution in [0.2, 0.25) is 5.02 Å². The van der Waals surface area contributed by atoms with Gasteiger partial charge in [0.2, 0.25) is 0 Å². The van der Waals surface area contributed by atoms with Crippen LogP contribution in [-0.2, 0) is 11.4 Å². The van der Waals surface area contributed by atoms with Crippen LogP contribution >= 0.6 is 11.6 Å². The topological polar surface area (TPSA) is 21.6 Å². The molecule has 0 aliphatic heterocycles. The number of hydrogen-bond acceptors (Lipinski definition) is 2. The first-order chi connectivity index (χ1) is 9.66. The minimum absolute atomic E-state index is 0.123. The summed E-state index contributed by atoms with van der Waals surface area (Å²) in [5, 5.41) is 4.18. The average Bonchev–Trinajstić information content (AvgIpc) is 2.44. The second-order valence-corrected chi connectivity index (χ2v) is 4.43. The molecule has 0 heterocycles. The molecule has 0 spiro atoms. The lowest BCUT2D eigenvalue weighted by Crippen LogP contribution is -1.94. The number of alkyl halides is 2. The summed E-state index contributed by atoms with van der Waals surface area (Å²) in [6.45, 7) is 0.199. The van der Waals surface area contributed by atoms with Crippen molar-refractivity contribution in [2.45, 2.75) is 13.0 Å². The molecule has 0 unspecified atom stereocenters. The molecule has 0 atom stereocenters. The summed E-state index contributed by atoms with van der Waals surface area (Å²) < 4.78 is 25.4. The van der Waals surface area contributed by atoms with Crippen molar-refractivity contribution in [1.29, 1.82) is 0 Å². The van der Waals surface area contributed by atoms with Crippen LogP contribution in [0, 0.1) is 0 Å². The van der Waals surface area contributed by atoms with E-state index >= 15 is 0 Å². The van der Waals surface area contributed by atoms with Crippen molar-refractivity contribution in [3.05, 3.63) is 70.2 Å². The predicted molar refractivity (Wildman–Crippen MR) is 74.2 cm³/mol. The van der Waals surface area contributed by atoms with Gasteiger partial charge in [0.15, 0.2) is 0 Å². The Bertz CT molecular complexity index is 602. The van der Waals surface area contributed by atoms with Gasteiger partial charge < -0.3 is 4.84 Å². The molecular formula is C15H11ClF2NO. The minimum Gasteiger partial charge on any atom is -0.390 e. The Morgan fingerprint density at radius 1 is 1.15 bits per heavy atom. The van der Waals surface area contributed by atoms with Crippen molar-refractivity contribution < 1.29 is 13.6 Å². The summed E-state index contributed by atoms with van der Waals surface area (Å²) in [5.74, 6) is 0. The van der Waals surface area contributed by atoms with Crippen LogP contribution < -0.4 is 0 Å². The Hall–Kier alpha value is -1.94. The lowest BCUT2D eigenvalue weighted by atomic mass is 10.1. The lowest BCUT2D eigenvalue weighted by molar-refractivity contribution is 0.132. The van der Waals surface area contributed by atoms with Gasteiger partial charge >= 0.3 is 0 Å². The SMILES string of the molecule is FC(F)c1ccccc1/[C]=N\OCc1cccc(Cl)c1. The maximum atomic E-state index is 12.7. The Morgan fingerprint density at radius 2 is 1.95 bits per heavy atom. The van der Waals surface area contributed by atoms with Gasteiger partial charge in [-0.3, -0.25) is 0 Å². The molecule has 0 saturated heterocycles. The summed E-state index contributed by atoms with van der Waals surface area (Å²) in [7, 11) is 0. The first-order valence-corrected chi connectivity index (χ1v) is 6.24. The number of rotatable bonds is 5. The molecule has 2 aromatic carbocycles. The quantitative estimate of drug-likeness (QED) is 0.578. The third-order valence-electron chi connectivity index (χ3n) is 2.55. The molecule has 0 aliphatic carbocycles. The molecule has 20 heavy (non-hydrogen) atoms. The highest BCUT2D eigenvalue weighted by Crippen LogP contribution is 2.21. The molecule has 2 aromatic rings. The van der Waals surface area contributed by atoms with Crippen LogP contribution in [0.25, 0.3) is 0 Å². The van der Waals surface area contributed by atoms with Gasteiger partial charge in [0.05, 0.1) is 0 Å². The summed E-state index contributed by atoms with van der Waals surface area (Å²) in [5.41, 5.74) is 0.932. The van der Waals surface area contributed by atoms with E-state index < -0.39 is 6.43 Å². The van der Waals surface area contributed by atoms with Crippen molar-refractivity contribution >= 4 is 17.8 Å². The zero-order chi connectivity index (χ0) is 14.4. The molecule has 0 aromatic heterocycles. The molecule has 0 amide bonds. The molecule has 5 heteroatoms. The van der Waals surface area contributed by atoms with Crippen LogP contribution in [0.1, 0.15) is 23.1 Å². The highest BCUT2D eigenvalue weighted by atomic mass is 35.5. The van der Waals surface area contributed by atoms with Gasteiger partial charge in [0.25, 0.3) is 6.43 Å². The average molecular weight is 295 g/mol. The van der Waals surface area contributed by atoms with Gasteiger partial charge in [0.1, 0.15) is 12.8 Å². The van der Waals surface area contributed by atoms with E-state index in [0.717, 1.165) is 5.56 Å². The molecular weight excluding hydrogens is 284 g/mol. The standard InChI is InChI=1S/C15H11ClF2NO/c16-13-6-3-4-11(8-13)10-20-19-9-12-5-1-2-7-14(12)15(17)18/h1-8,15H,10H2. The van der Waals surface area contributed by atoms with E-state index in [1.54, 1.807) is 30.3 Å². The molecule has 1 radical (unpaired) electrons. The van der Waals surface area contributed by atoms with Crippen molar-refractivity contribution in [2.75, 3.05) is 0 Å². The van der Waals surface area contributed by atoms with Gasteiger partial charge in [-0.2, -0.15) is 0 Å². The van der Waals surface area contributed by atoms with Crippen molar-refractivity contribution in [3.8, 4) is 0 Å². The Kier molecular flexibility index (Phi) is 5.07. The van der Waals surface area contributed by atoms with Crippen molar-refractivity contribution in [1.82, 2.24) is 0 Å². The Morgan fingerprint density at radius 3 is 2.70 bits per heavy atom. The van der Waals surface area contributed by atoms with Gasteiger partial charge in [-0.25, -0.2) is 8.78 Å². The smallest absolute Gasteiger partial charge is 0.264 e. The Labute approximate surface area is 120 Å². The van der Waals surface area contributed by atoms with E-state index in [2.05, 4.69) is 11.4 Å². The fourth-order valence-electron chi connectivity index (χ4n) is 1.60.